The van der Waals surface area contributed by atoms with Gasteiger partial charge in [0.05, 0.1) is 11.7 Å². The monoisotopic (exact) mass is 280 g/mol. The first-order valence-corrected chi connectivity index (χ1v) is 6.28. The SMILES string of the molecule is NC(=O)c1cccc(NC(=O)c2ccc3[nH]ncc3c2)c1. The summed E-state index contributed by atoms with van der Waals surface area (Å²) in [5, 5.41) is 10.3. The lowest BCUT2D eigenvalue weighted by Gasteiger charge is -2.06. The fourth-order valence-corrected chi connectivity index (χ4v) is 2.04. The number of benzene rings is 2. The van der Waals surface area contributed by atoms with Crippen LogP contribution >= 0.6 is 0 Å². The van der Waals surface area contributed by atoms with Crippen molar-refractivity contribution in [3.8, 4) is 0 Å². The van der Waals surface area contributed by atoms with Crippen molar-refractivity contribution in [1.82, 2.24) is 10.2 Å². The Labute approximate surface area is 120 Å². The molecule has 0 saturated carbocycles. The number of aromatic nitrogens is 2. The zero-order chi connectivity index (χ0) is 14.8. The lowest BCUT2D eigenvalue weighted by Crippen LogP contribution is -2.14. The zero-order valence-corrected chi connectivity index (χ0v) is 11.0. The summed E-state index contributed by atoms with van der Waals surface area (Å²) in [7, 11) is 0. The van der Waals surface area contributed by atoms with Gasteiger partial charge in [0.1, 0.15) is 0 Å². The van der Waals surface area contributed by atoms with Crippen LogP contribution in [0.2, 0.25) is 0 Å². The van der Waals surface area contributed by atoms with Crippen LogP contribution in [0, 0.1) is 0 Å². The molecule has 0 atom stereocenters. The number of aromatic amines is 1. The van der Waals surface area contributed by atoms with Gasteiger partial charge in [-0.1, -0.05) is 6.07 Å². The lowest BCUT2D eigenvalue weighted by atomic mass is 10.1. The number of primary amides is 1. The van der Waals surface area contributed by atoms with Gasteiger partial charge in [0.15, 0.2) is 0 Å². The number of carbonyl (C=O) groups excluding carboxylic acids is 2. The fraction of sp³-hybridized carbons (Fsp3) is 0. The highest BCUT2D eigenvalue weighted by molar-refractivity contribution is 6.06. The molecule has 0 saturated heterocycles. The molecule has 1 heterocycles. The average Bonchev–Trinajstić information content (AvgIpc) is 2.94. The Bertz CT molecular complexity index is 838. The summed E-state index contributed by atoms with van der Waals surface area (Å²) in [5.74, 6) is -0.800. The van der Waals surface area contributed by atoms with Crippen molar-refractivity contribution >= 4 is 28.4 Å². The van der Waals surface area contributed by atoms with Crippen molar-refractivity contribution in [1.29, 1.82) is 0 Å². The Kier molecular flexibility index (Phi) is 3.12. The molecule has 2 amide bonds. The van der Waals surface area contributed by atoms with Gasteiger partial charge >= 0.3 is 0 Å². The zero-order valence-electron chi connectivity index (χ0n) is 11.0. The maximum atomic E-state index is 12.2. The van der Waals surface area contributed by atoms with E-state index in [-0.39, 0.29) is 5.91 Å². The Morgan fingerprint density at radius 2 is 1.95 bits per heavy atom. The molecule has 0 bridgehead atoms. The standard InChI is InChI=1S/C15H12N4O2/c16-14(20)9-2-1-3-12(7-9)18-15(21)10-4-5-13-11(6-10)8-17-19-13/h1-8H,(H2,16,20)(H,17,19)(H,18,21). The predicted molar refractivity (Wildman–Crippen MR) is 79.0 cm³/mol. The van der Waals surface area contributed by atoms with E-state index in [4.69, 9.17) is 5.73 Å². The quantitative estimate of drug-likeness (QED) is 0.683. The third kappa shape index (κ3) is 2.59. The molecule has 0 spiro atoms. The summed E-state index contributed by atoms with van der Waals surface area (Å²) in [6.45, 7) is 0. The number of anilines is 1. The summed E-state index contributed by atoms with van der Waals surface area (Å²) in [4.78, 5) is 23.3. The highest BCUT2D eigenvalue weighted by Crippen LogP contribution is 2.15. The molecule has 3 rings (SSSR count). The fourth-order valence-electron chi connectivity index (χ4n) is 2.04. The maximum Gasteiger partial charge on any atom is 0.255 e. The summed E-state index contributed by atoms with van der Waals surface area (Å²) < 4.78 is 0. The van der Waals surface area contributed by atoms with Crippen LogP contribution < -0.4 is 11.1 Å². The van der Waals surface area contributed by atoms with Crippen molar-refractivity contribution in [3.05, 3.63) is 59.8 Å². The van der Waals surface area contributed by atoms with E-state index in [0.29, 0.717) is 16.8 Å². The third-order valence-corrected chi connectivity index (χ3v) is 3.11. The third-order valence-electron chi connectivity index (χ3n) is 3.11. The van der Waals surface area contributed by atoms with E-state index in [0.717, 1.165) is 10.9 Å². The maximum absolute atomic E-state index is 12.2. The number of carbonyl (C=O) groups is 2. The van der Waals surface area contributed by atoms with E-state index < -0.39 is 5.91 Å². The van der Waals surface area contributed by atoms with Crippen molar-refractivity contribution in [3.63, 3.8) is 0 Å². The summed E-state index contributed by atoms with van der Waals surface area (Å²) in [6, 6.07) is 11.7. The molecule has 0 unspecified atom stereocenters. The second kappa shape index (κ2) is 5.09. The van der Waals surface area contributed by atoms with Crippen LogP contribution in [0.3, 0.4) is 0 Å². The largest absolute Gasteiger partial charge is 0.366 e. The minimum atomic E-state index is -0.536. The Morgan fingerprint density at radius 1 is 1.10 bits per heavy atom. The molecule has 2 aromatic carbocycles. The van der Waals surface area contributed by atoms with E-state index in [1.165, 1.54) is 6.07 Å². The van der Waals surface area contributed by atoms with E-state index in [1.54, 1.807) is 42.6 Å². The molecule has 0 aliphatic rings. The normalized spacial score (nSPS) is 10.5. The second-order valence-corrected chi connectivity index (χ2v) is 4.57. The molecular formula is C15H12N4O2. The van der Waals surface area contributed by atoms with Crippen LogP contribution in [0.5, 0.6) is 0 Å². The molecule has 1 aromatic heterocycles. The van der Waals surface area contributed by atoms with Crippen LogP contribution in [0.25, 0.3) is 10.9 Å². The molecule has 4 N–H and O–H groups in total. The van der Waals surface area contributed by atoms with Gasteiger partial charge in [0.25, 0.3) is 5.91 Å². The van der Waals surface area contributed by atoms with Crippen LogP contribution in [-0.2, 0) is 0 Å². The second-order valence-electron chi connectivity index (χ2n) is 4.57. The summed E-state index contributed by atoms with van der Waals surface area (Å²) in [5.41, 5.74) is 7.45. The van der Waals surface area contributed by atoms with Gasteiger partial charge in [-0.25, -0.2) is 0 Å². The van der Waals surface area contributed by atoms with Crippen LogP contribution in [0.15, 0.2) is 48.7 Å². The van der Waals surface area contributed by atoms with Crippen molar-refractivity contribution in [2.75, 3.05) is 5.32 Å². The number of fused-ring (bicyclic) bond motifs is 1. The molecule has 0 fully saturated rings. The number of hydrogen-bond acceptors (Lipinski definition) is 3. The van der Waals surface area contributed by atoms with Crippen molar-refractivity contribution in [2.45, 2.75) is 0 Å². The minimum Gasteiger partial charge on any atom is -0.366 e. The molecule has 104 valence electrons. The molecular weight excluding hydrogens is 268 g/mol. The molecule has 0 radical (unpaired) electrons. The number of amides is 2. The molecule has 3 aromatic rings. The van der Waals surface area contributed by atoms with Gasteiger partial charge in [-0.3, -0.25) is 14.7 Å². The number of H-pyrrole nitrogens is 1. The first kappa shape index (κ1) is 12.9. The molecule has 6 nitrogen and oxygen atoms in total. The van der Waals surface area contributed by atoms with Crippen LogP contribution in [0.4, 0.5) is 5.69 Å². The summed E-state index contributed by atoms with van der Waals surface area (Å²) in [6.07, 6.45) is 1.65. The molecule has 0 aliphatic heterocycles. The Hall–Kier alpha value is -3.15. The van der Waals surface area contributed by atoms with Crippen molar-refractivity contribution in [2.24, 2.45) is 5.73 Å². The number of hydrogen-bond donors (Lipinski definition) is 3. The van der Waals surface area contributed by atoms with E-state index in [2.05, 4.69) is 15.5 Å². The van der Waals surface area contributed by atoms with E-state index >= 15 is 0 Å². The highest BCUT2D eigenvalue weighted by atomic mass is 16.2. The Balaban J connectivity index is 1.85. The average molecular weight is 280 g/mol. The van der Waals surface area contributed by atoms with E-state index in [1.807, 2.05) is 0 Å². The van der Waals surface area contributed by atoms with Crippen molar-refractivity contribution < 1.29 is 9.59 Å². The van der Waals surface area contributed by atoms with Gasteiger partial charge in [0, 0.05) is 22.2 Å². The number of nitrogens with one attached hydrogen (secondary N) is 2. The van der Waals surface area contributed by atoms with Crippen LogP contribution in [-0.4, -0.2) is 22.0 Å². The van der Waals surface area contributed by atoms with Gasteiger partial charge in [-0.15, -0.1) is 0 Å². The summed E-state index contributed by atoms with van der Waals surface area (Å²) >= 11 is 0. The van der Waals surface area contributed by atoms with Crippen LogP contribution in [0.1, 0.15) is 20.7 Å². The molecule has 6 heteroatoms. The highest BCUT2D eigenvalue weighted by Gasteiger charge is 2.09. The predicted octanol–water partition coefficient (Wildman–Crippen LogP) is 1.91. The lowest BCUT2D eigenvalue weighted by molar-refractivity contribution is 0.0996. The first-order chi connectivity index (χ1) is 10.1. The molecule has 0 aliphatic carbocycles. The van der Waals surface area contributed by atoms with Gasteiger partial charge in [-0.05, 0) is 36.4 Å². The van der Waals surface area contributed by atoms with Gasteiger partial charge < -0.3 is 11.1 Å². The number of rotatable bonds is 3. The minimum absolute atomic E-state index is 0.264. The smallest absolute Gasteiger partial charge is 0.255 e. The topological polar surface area (TPSA) is 101 Å². The molecule has 21 heavy (non-hydrogen) atoms. The van der Waals surface area contributed by atoms with E-state index in [9.17, 15) is 9.59 Å². The number of nitrogens with zero attached hydrogens (tertiary/aromatic N) is 1. The Morgan fingerprint density at radius 3 is 2.76 bits per heavy atom. The number of nitrogens with two attached hydrogens (primary N) is 1. The van der Waals surface area contributed by atoms with Gasteiger partial charge in [0.2, 0.25) is 5.91 Å². The van der Waals surface area contributed by atoms with Gasteiger partial charge in [-0.2, -0.15) is 5.10 Å². The first-order valence-electron chi connectivity index (χ1n) is 6.28.